The van der Waals surface area contributed by atoms with Gasteiger partial charge in [0.25, 0.3) is 0 Å². The van der Waals surface area contributed by atoms with Crippen molar-refractivity contribution in [2.45, 2.75) is 44.8 Å². The first-order valence-corrected chi connectivity index (χ1v) is 10.9. The summed E-state index contributed by atoms with van der Waals surface area (Å²) in [5.41, 5.74) is 0. The SMILES string of the molecule is B=C[C@@H]1CC(O)[C@H](C/C=C\COCC(=O)O)[C@H]1/C=C/[C@@H](O)CCc1ccc(C)s1. The van der Waals surface area contributed by atoms with E-state index >= 15 is 0 Å². The number of carbonyl (C=O) groups is 1. The quantitative estimate of drug-likeness (QED) is 0.275. The van der Waals surface area contributed by atoms with Gasteiger partial charge in [0, 0.05) is 0 Å². The van der Waals surface area contributed by atoms with Gasteiger partial charge in [-0.3, -0.25) is 0 Å². The Bertz CT molecular complexity index is 714. The molecule has 0 spiro atoms. The second-order valence-electron chi connectivity index (χ2n) is 7.56. The first-order valence-electron chi connectivity index (χ1n) is 10.1. The van der Waals surface area contributed by atoms with Gasteiger partial charge in [-0.2, -0.15) is 0 Å². The molecule has 1 aliphatic rings. The average molecular weight is 418 g/mol. The third-order valence-electron chi connectivity index (χ3n) is 5.35. The standard InChI is InChI=1S/C22H31BO5S/c1-15-5-8-18(29-15)9-6-17(24)7-10-19-16(13-23)12-21(25)20(19)4-2-3-11-28-14-22(26)27/h2-3,5,7-8,10,13,16-17,19-21,23-25H,4,6,9,11-12,14H2,1H3,(H,26,27)/b3-2-,10-7+/t16-,17-,19-,20+,21?/m0/s1. The van der Waals surface area contributed by atoms with E-state index < -0.39 is 18.2 Å². The van der Waals surface area contributed by atoms with Crippen LogP contribution in [0.3, 0.4) is 0 Å². The summed E-state index contributed by atoms with van der Waals surface area (Å²) >= 11 is 1.76. The van der Waals surface area contributed by atoms with E-state index in [1.807, 2.05) is 24.2 Å². The number of carboxylic acid groups (broad SMARTS) is 1. The van der Waals surface area contributed by atoms with Crippen molar-refractivity contribution in [2.24, 2.45) is 17.8 Å². The number of aliphatic hydroxyl groups excluding tert-OH is 2. The predicted octanol–water partition coefficient (Wildman–Crippen LogP) is 2.27. The molecule has 0 aromatic carbocycles. The molecule has 7 heteroatoms. The zero-order chi connectivity index (χ0) is 21.2. The molecule has 1 aliphatic carbocycles. The number of rotatable bonds is 12. The van der Waals surface area contributed by atoms with E-state index in [0.717, 1.165) is 6.42 Å². The van der Waals surface area contributed by atoms with Gasteiger partial charge in [0.15, 0.2) is 0 Å². The van der Waals surface area contributed by atoms with Crippen LogP contribution < -0.4 is 0 Å². The average Bonchev–Trinajstić information content (AvgIpc) is 3.23. The molecular weight excluding hydrogens is 387 g/mol. The zero-order valence-electron chi connectivity index (χ0n) is 16.9. The van der Waals surface area contributed by atoms with Gasteiger partial charge in [-0.15, -0.1) is 0 Å². The van der Waals surface area contributed by atoms with Gasteiger partial charge >= 0.3 is 178 Å². The Hall–Kier alpha value is -1.54. The number of hydrogen-bond donors (Lipinski definition) is 3. The molecule has 0 radical (unpaired) electrons. The van der Waals surface area contributed by atoms with Gasteiger partial charge in [-0.1, -0.05) is 0 Å². The topological polar surface area (TPSA) is 87.0 Å². The summed E-state index contributed by atoms with van der Waals surface area (Å²) in [5, 5.41) is 29.4. The van der Waals surface area contributed by atoms with E-state index in [2.05, 4.69) is 26.5 Å². The van der Waals surface area contributed by atoms with Crippen LogP contribution in [0.1, 0.15) is 29.0 Å². The molecule has 5 nitrogen and oxygen atoms in total. The number of aryl methyl sites for hydroxylation is 2. The third-order valence-corrected chi connectivity index (χ3v) is 6.41. The van der Waals surface area contributed by atoms with E-state index in [1.54, 1.807) is 17.4 Å². The molecule has 0 bridgehead atoms. The molecule has 0 amide bonds. The van der Waals surface area contributed by atoms with Crippen molar-refractivity contribution in [1.82, 2.24) is 0 Å². The van der Waals surface area contributed by atoms with Gasteiger partial charge < -0.3 is 0 Å². The molecule has 2 rings (SSSR count). The summed E-state index contributed by atoms with van der Waals surface area (Å²) in [6, 6.07) is 4.21. The van der Waals surface area contributed by atoms with E-state index in [9.17, 15) is 15.0 Å². The zero-order valence-corrected chi connectivity index (χ0v) is 17.8. The Kier molecular flexibility index (Phi) is 10.0. The molecule has 29 heavy (non-hydrogen) atoms. The summed E-state index contributed by atoms with van der Waals surface area (Å²) < 4.78 is 4.99. The second kappa shape index (κ2) is 12.2. The van der Waals surface area contributed by atoms with Crippen LogP contribution in [0.25, 0.3) is 0 Å². The molecule has 1 heterocycles. The Morgan fingerprint density at radius 2 is 2.21 bits per heavy atom. The summed E-state index contributed by atoms with van der Waals surface area (Å²) in [4.78, 5) is 13.0. The minimum absolute atomic E-state index is 0.0390. The van der Waals surface area contributed by atoms with Crippen LogP contribution in [-0.4, -0.2) is 60.2 Å². The normalized spacial score (nSPS) is 25.7. The fourth-order valence-corrected chi connectivity index (χ4v) is 4.74. The Morgan fingerprint density at radius 1 is 1.41 bits per heavy atom. The molecule has 1 unspecified atom stereocenters. The van der Waals surface area contributed by atoms with Crippen LogP contribution >= 0.6 is 11.3 Å². The second-order valence-corrected chi connectivity index (χ2v) is 8.94. The van der Waals surface area contributed by atoms with Crippen molar-refractivity contribution in [3.8, 4) is 0 Å². The Morgan fingerprint density at radius 3 is 2.86 bits per heavy atom. The molecule has 1 aromatic heterocycles. The fourth-order valence-electron chi connectivity index (χ4n) is 3.84. The Balaban J connectivity index is 1.87. The summed E-state index contributed by atoms with van der Waals surface area (Å²) in [6.45, 7) is 2.00. The monoisotopic (exact) mass is 418 g/mol. The van der Waals surface area contributed by atoms with Gasteiger partial charge in [0.2, 0.25) is 0 Å². The van der Waals surface area contributed by atoms with Crippen LogP contribution in [0.15, 0.2) is 36.4 Å². The molecular formula is C22H31BO5S. The van der Waals surface area contributed by atoms with Gasteiger partial charge in [0.05, 0.1) is 0 Å². The number of thiophene rings is 1. The molecule has 158 valence electrons. The first kappa shape index (κ1) is 23.7. The minimum atomic E-state index is -0.989. The van der Waals surface area contributed by atoms with E-state index in [0.29, 0.717) is 19.3 Å². The van der Waals surface area contributed by atoms with Crippen molar-refractivity contribution in [3.05, 3.63) is 46.2 Å². The van der Waals surface area contributed by atoms with Crippen molar-refractivity contribution in [2.75, 3.05) is 13.2 Å². The van der Waals surface area contributed by atoms with Crippen molar-refractivity contribution < 1.29 is 24.9 Å². The fraction of sp³-hybridized carbons (Fsp3) is 0.545. The molecule has 5 atom stereocenters. The third kappa shape index (κ3) is 8.01. The number of allylic oxidation sites excluding steroid dienone is 2. The van der Waals surface area contributed by atoms with E-state index in [1.165, 1.54) is 9.75 Å². The first-order chi connectivity index (χ1) is 13.9. The predicted molar refractivity (Wildman–Crippen MR) is 119 cm³/mol. The molecule has 1 fully saturated rings. The van der Waals surface area contributed by atoms with Crippen LogP contribution in [0.2, 0.25) is 0 Å². The number of carboxylic acids is 1. The van der Waals surface area contributed by atoms with Crippen molar-refractivity contribution >= 4 is 30.8 Å². The summed E-state index contributed by atoms with van der Waals surface area (Å²) in [6.07, 6.45) is 9.52. The summed E-state index contributed by atoms with van der Waals surface area (Å²) in [7, 11) is 3.90. The maximum atomic E-state index is 10.5. The van der Waals surface area contributed by atoms with Gasteiger partial charge in [-0.25, -0.2) is 0 Å². The molecule has 3 N–H and O–H groups in total. The summed E-state index contributed by atoms with van der Waals surface area (Å²) in [5.74, 6) is 1.23. The number of ether oxygens (including phenoxy) is 1. The molecule has 0 saturated heterocycles. The van der Waals surface area contributed by atoms with Crippen molar-refractivity contribution in [1.29, 1.82) is 0 Å². The van der Waals surface area contributed by atoms with E-state index in [4.69, 9.17) is 9.84 Å². The number of aliphatic hydroxyl groups is 2. The van der Waals surface area contributed by atoms with Crippen LogP contribution in [-0.2, 0) is 16.0 Å². The van der Waals surface area contributed by atoms with Crippen LogP contribution in [0.4, 0.5) is 0 Å². The van der Waals surface area contributed by atoms with Crippen LogP contribution in [0, 0.1) is 24.7 Å². The maximum absolute atomic E-state index is 10.5. The van der Waals surface area contributed by atoms with Crippen LogP contribution in [0.5, 0.6) is 0 Å². The molecule has 1 aromatic rings. The van der Waals surface area contributed by atoms with Crippen molar-refractivity contribution in [3.63, 3.8) is 0 Å². The van der Waals surface area contributed by atoms with Gasteiger partial charge in [-0.05, 0) is 0 Å². The number of aliphatic carboxylic acids is 1. The number of hydrogen-bond acceptors (Lipinski definition) is 5. The Labute approximate surface area is 177 Å². The van der Waals surface area contributed by atoms with E-state index in [-0.39, 0.29) is 31.0 Å². The molecule has 1 saturated carbocycles. The van der Waals surface area contributed by atoms with Gasteiger partial charge in [0.1, 0.15) is 0 Å². The molecule has 0 aliphatic heterocycles.